The molecule has 8 nitrogen and oxygen atoms in total. The van der Waals surface area contributed by atoms with E-state index in [1.807, 2.05) is 42.5 Å². The smallest absolute Gasteiger partial charge is 0.222 e. The van der Waals surface area contributed by atoms with Crippen LogP contribution in [0.3, 0.4) is 0 Å². The average Bonchev–Trinajstić information content (AvgIpc) is 3.55. The molecule has 200 valence electrons. The third-order valence-electron chi connectivity index (χ3n) is 8.88. The van der Waals surface area contributed by atoms with Crippen LogP contribution in [0.1, 0.15) is 44.6 Å². The van der Waals surface area contributed by atoms with Gasteiger partial charge in [0.2, 0.25) is 5.91 Å². The monoisotopic (exact) mass is 522 g/mol. The van der Waals surface area contributed by atoms with Crippen molar-refractivity contribution in [3.05, 3.63) is 67.1 Å². The Morgan fingerprint density at radius 2 is 1.56 bits per heavy atom. The Hall–Kier alpha value is -3.91. The Morgan fingerprint density at radius 3 is 2.36 bits per heavy atom. The van der Waals surface area contributed by atoms with Gasteiger partial charge >= 0.3 is 0 Å². The number of amides is 1. The number of piperazine rings is 1. The van der Waals surface area contributed by atoms with Gasteiger partial charge in [0.25, 0.3) is 0 Å². The second kappa shape index (κ2) is 10.0. The number of ether oxygens (including phenoxy) is 1. The van der Waals surface area contributed by atoms with Crippen LogP contribution in [0.25, 0.3) is 22.2 Å². The van der Waals surface area contributed by atoms with Crippen LogP contribution in [0, 0.1) is 0 Å². The lowest BCUT2D eigenvalue weighted by Crippen LogP contribution is -2.55. The van der Waals surface area contributed by atoms with Gasteiger partial charge in [0.05, 0.1) is 5.39 Å². The topological polar surface area (TPSA) is 89.5 Å². The number of carbonyl (C=O) groups is 1. The van der Waals surface area contributed by atoms with Gasteiger partial charge in [0, 0.05) is 55.9 Å². The van der Waals surface area contributed by atoms with Crippen molar-refractivity contribution < 1.29 is 9.53 Å². The van der Waals surface area contributed by atoms with Crippen molar-refractivity contribution >= 4 is 22.8 Å². The molecular weight excluding hydrogens is 488 g/mol. The molecular formula is C31H34N6O2. The zero-order valence-corrected chi connectivity index (χ0v) is 22.1. The van der Waals surface area contributed by atoms with Crippen LogP contribution in [0.5, 0.6) is 11.5 Å². The number of anilines is 1. The summed E-state index contributed by atoms with van der Waals surface area (Å²) in [7, 11) is 0. The van der Waals surface area contributed by atoms with Gasteiger partial charge in [-0.15, -0.1) is 0 Å². The number of fused-ring (bicyclic) bond motifs is 2. The number of carbonyl (C=O) groups excluding carboxylic acids is 1. The fourth-order valence-electron chi connectivity index (χ4n) is 6.85. The minimum Gasteiger partial charge on any atom is -0.457 e. The molecule has 1 atom stereocenters. The van der Waals surface area contributed by atoms with Crippen LogP contribution >= 0.6 is 0 Å². The zero-order valence-electron chi connectivity index (χ0n) is 22.1. The molecule has 4 heterocycles. The van der Waals surface area contributed by atoms with E-state index < -0.39 is 0 Å². The van der Waals surface area contributed by atoms with Crippen molar-refractivity contribution in [3.8, 4) is 22.6 Å². The number of nitrogens with zero attached hydrogens (tertiary/aromatic N) is 5. The number of para-hydroxylation sites is 1. The van der Waals surface area contributed by atoms with E-state index in [-0.39, 0.29) is 0 Å². The molecule has 2 aromatic heterocycles. The summed E-state index contributed by atoms with van der Waals surface area (Å²) in [5, 5.41) is 0.915. The van der Waals surface area contributed by atoms with Gasteiger partial charge in [-0.25, -0.2) is 9.97 Å². The summed E-state index contributed by atoms with van der Waals surface area (Å²) >= 11 is 0. The van der Waals surface area contributed by atoms with Gasteiger partial charge in [-0.05, 0) is 61.9 Å². The molecule has 0 bridgehead atoms. The number of hydrogen-bond acceptors (Lipinski definition) is 6. The average molecular weight is 523 g/mol. The van der Waals surface area contributed by atoms with Crippen LogP contribution in [0.2, 0.25) is 0 Å². The van der Waals surface area contributed by atoms with E-state index in [1.54, 1.807) is 6.33 Å². The van der Waals surface area contributed by atoms with E-state index in [1.165, 1.54) is 0 Å². The summed E-state index contributed by atoms with van der Waals surface area (Å²) in [6.07, 6.45) is 10.1. The van der Waals surface area contributed by atoms with E-state index in [9.17, 15) is 4.79 Å². The summed E-state index contributed by atoms with van der Waals surface area (Å²) in [5.41, 5.74) is 9.45. The number of rotatable bonds is 5. The minimum absolute atomic E-state index is 0.346. The molecule has 0 radical (unpaired) electrons. The Morgan fingerprint density at radius 1 is 0.821 bits per heavy atom. The molecule has 1 amide bonds. The van der Waals surface area contributed by atoms with Gasteiger partial charge in [0.15, 0.2) is 0 Å². The van der Waals surface area contributed by atoms with Gasteiger partial charge < -0.3 is 19.9 Å². The highest BCUT2D eigenvalue weighted by molar-refractivity contribution is 6.00. The van der Waals surface area contributed by atoms with E-state index in [0.717, 1.165) is 91.8 Å². The summed E-state index contributed by atoms with van der Waals surface area (Å²) < 4.78 is 8.33. The van der Waals surface area contributed by atoms with Crippen LogP contribution in [0.4, 0.5) is 5.82 Å². The number of nitrogens with two attached hydrogens (primary N) is 1. The normalized spacial score (nSPS) is 23.7. The van der Waals surface area contributed by atoms with Crippen LogP contribution in [0.15, 0.2) is 67.1 Å². The number of nitrogen functional groups attached to an aromatic ring is 1. The molecule has 4 aromatic rings. The number of aromatic nitrogens is 3. The molecule has 2 N–H and O–H groups in total. The highest BCUT2D eigenvalue weighted by Crippen LogP contribution is 2.40. The third kappa shape index (κ3) is 4.52. The lowest BCUT2D eigenvalue weighted by Gasteiger charge is -2.44. The van der Waals surface area contributed by atoms with E-state index in [0.29, 0.717) is 29.9 Å². The summed E-state index contributed by atoms with van der Waals surface area (Å²) in [4.78, 5) is 25.9. The SMILES string of the molecule is Nc1ncnc2c1c(-c1ccc(Oc3ccccc3)cc1)cn2C1CCC(N2CCN3C(=O)CCC3C2)CC1. The van der Waals surface area contributed by atoms with Crippen molar-refractivity contribution in [2.24, 2.45) is 0 Å². The summed E-state index contributed by atoms with van der Waals surface area (Å²) in [5.74, 6) is 2.46. The molecule has 39 heavy (non-hydrogen) atoms. The van der Waals surface area contributed by atoms with Gasteiger partial charge in [-0.3, -0.25) is 9.69 Å². The first-order valence-corrected chi connectivity index (χ1v) is 14.1. The van der Waals surface area contributed by atoms with Crippen molar-refractivity contribution in [1.29, 1.82) is 0 Å². The molecule has 3 aliphatic rings. The molecule has 1 aliphatic carbocycles. The Bertz CT molecular complexity index is 1480. The predicted molar refractivity (Wildman–Crippen MR) is 151 cm³/mol. The number of hydrogen-bond donors (Lipinski definition) is 1. The van der Waals surface area contributed by atoms with Crippen molar-refractivity contribution in [2.75, 3.05) is 25.4 Å². The second-order valence-electron chi connectivity index (χ2n) is 11.1. The van der Waals surface area contributed by atoms with Crippen LogP contribution in [-0.2, 0) is 4.79 Å². The van der Waals surface area contributed by atoms with E-state index in [4.69, 9.17) is 10.5 Å². The quantitative estimate of drug-likeness (QED) is 0.384. The van der Waals surface area contributed by atoms with Crippen molar-refractivity contribution in [3.63, 3.8) is 0 Å². The highest BCUT2D eigenvalue weighted by atomic mass is 16.5. The minimum atomic E-state index is 0.346. The lowest BCUT2D eigenvalue weighted by molar-refractivity contribution is -0.131. The molecule has 8 heteroatoms. The van der Waals surface area contributed by atoms with E-state index >= 15 is 0 Å². The largest absolute Gasteiger partial charge is 0.457 e. The Balaban J connectivity index is 1.10. The second-order valence-corrected chi connectivity index (χ2v) is 11.1. The maximum atomic E-state index is 12.1. The molecule has 0 spiro atoms. The predicted octanol–water partition coefficient (Wildman–Crippen LogP) is 5.26. The Labute approximate surface area is 228 Å². The third-order valence-corrected chi connectivity index (χ3v) is 8.88. The van der Waals surface area contributed by atoms with Crippen LogP contribution in [-0.4, -0.2) is 62.0 Å². The van der Waals surface area contributed by atoms with Gasteiger partial charge in [-0.1, -0.05) is 30.3 Å². The maximum Gasteiger partial charge on any atom is 0.222 e. The van der Waals surface area contributed by atoms with Gasteiger partial charge in [0.1, 0.15) is 29.3 Å². The molecule has 1 unspecified atom stereocenters. The first-order chi connectivity index (χ1) is 19.1. The fourth-order valence-corrected chi connectivity index (χ4v) is 6.85. The standard InChI is InChI=1S/C31H34N6O2/c32-30-29-27(21-6-13-26(14-7-21)39-25-4-2-1-3-5-25)19-37(31(29)34-20-33-30)23-10-8-22(9-11-23)35-16-17-36-24(18-35)12-15-28(36)38/h1-7,13-14,19-20,22-24H,8-12,15-18H2,(H2,32,33,34). The molecule has 2 saturated heterocycles. The van der Waals surface area contributed by atoms with Crippen LogP contribution < -0.4 is 10.5 Å². The molecule has 7 rings (SSSR count). The van der Waals surface area contributed by atoms with E-state index in [2.05, 4.69) is 42.7 Å². The first-order valence-electron chi connectivity index (χ1n) is 14.1. The highest BCUT2D eigenvalue weighted by Gasteiger charge is 2.38. The molecule has 3 fully saturated rings. The van der Waals surface area contributed by atoms with Gasteiger partial charge in [-0.2, -0.15) is 0 Å². The van der Waals surface area contributed by atoms with Crippen molar-refractivity contribution in [1.82, 2.24) is 24.3 Å². The fraction of sp³-hybridized carbons (Fsp3) is 0.387. The summed E-state index contributed by atoms with van der Waals surface area (Å²) in [6.45, 7) is 2.92. The Kier molecular flexibility index (Phi) is 6.19. The summed E-state index contributed by atoms with van der Waals surface area (Å²) in [6, 6.07) is 19.3. The molecule has 2 aromatic carbocycles. The lowest BCUT2D eigenvalue weighted by atomic mass is 9.89. The zero-order chi connectivity index (χ0) is 26.3. The van der Waals surface area contributed by atoms with Crippen molar-refractivity contribution in [2.45, 2.75) is 56.7 Å². The molecule has 2 aliphatic heterocycles. The first kappa shape index (κ1) is 24.2. The molecule has 1 saturated carbocycles. The maximum absolute atomic E-state index is 12.1. The number of benzene rings is 2.